The summed E-state index contributed by atoms with van der Waals surface area (Å²) < 4.78 is 5.06. The summed E-state index contributed by atoms with van der Waals surface area (Å²) in [5.74, 6) is 1.26. The van der Waals surface area contributed by atoms with E-state index in [1.54, 1.807) is 0 Å². The van der Waals surface area contributed by atoms with Crippen LogP contribution in [-0.4, -0.2) is 48.5 Å². The third kappa shape index (κ3) is 2.16. The van der Waals surface area contributed by atoms with Gasteiger partial charge in [0, 0.05) is 18.7 Å². The van der Waals surface area contributed by atoms with Gasteiger partial charge in [0.25, 0.3) is 0 Å². The second kappa shape index (κ2) is 4.63. The van der Waals surface area contributed by atoms with E-state index in [0.717, 1.165) is 18.8 Å². The second-order valence-electron chi connectivity index (χ2n) is 5.74. The molecule has 0 saturated carbocycles. The van der Waals surface area contributed by atoms with E-state index in [1.165, 1.54) is 11.3 Å². The molecule has 0 spiro atoms. The third-order valence-electron chi connectivity index (χ3n) is 4.38. The maximum Gasteiger partial charge on any atom is 0.228 e. The summed E-state index contributed by atoms with van der Waals surface area (Å²) in [5.41, 5.74) is 2.67. The Kier molecular flexibility index (Phi) is 3.09. The van der Waals surface area contributed by atoms with Crippen molar-refractivity contribution in [3.63, 3.8) is 0 Å². The molecule has 2 fully saturated rings. The number of fused-ring (bicyclic) bond motifs is 1. The number of amides is 1. The van der Waals surface area contributed by atoms with Gasteiger partial charge in [-0.2, -0.15) is 0 Å². The van der Waals surface area contributed by atoms with E-state index >= 15 is 0 Å². The Hall–Kier alpha value is -1.36. The van der Waals surface area contributed by atoms with Crippen LogP contribution in [0.1, 0.15) is 27.2 Å². The minimum atomic E-state index is 0.0568. The van der Waals surface area contributed by atoms with E-state index < -0.39 is 0 Å². The van der Waals surface area contributed by atoms with Gasteiger partial charge in [-0.15, -0.1) is 0 Å². The maximum atomic E-state index is 12.0. The lowest BCUT2D eigenvalue weighted by Gasteiger charge is -2.29. The van der Waals surface area contributed by atoms with E-state index in [-0.39, 0.29) is 23.9 Å². The molecule has 104 valence electrons. The molecular weight excluding hydrogens is 242 g/mol. The van der Waals surface area contributed by atoms with Crippen molar-refractivity contribution in [2.75, 3.05) is 19.8 Å². The van der Waals surface area contributed by atoms with Crippen LogP contribution in [0.5, 0.6) is 0 Å². The molecule has 0 aliphatic carbocycles. The molecule has 1 N–H and O–H groups in total. The largest absolute Gasteiger partial charge is 0.380 e. The first-order valence-electron chi connectivity index (χ1n) is 6.96. The Morgan fingerprint density at radius 3 is 2.79 bits per heavy atom. The van der Waals surface area contributed by atoms with Crippen molar-refractivity contribution in [1.29, 1.82) is 0 Å². The Bertz CT molecular complexity index is 465. The summed E-state index contributed by atoms with van der Waals surface area (Å²) in [6, 6.07) is 0.467. The minimum absolute atomic E-state index is 0.0568. The Labute approximate surface area is 113 Å². The van der Waals surface area contributed by atoms with Crippen molar-refractivity contribution in [1.82, 2.24) is 10.2 Å². The van der Waals surface area contributed by atoms with Gasteiger partial charge in [-0.25, -0.2) is 0 Å². The van der Waals surface area contributed by atoms with Crippen molar-refractivity contribution in [3.05, 3.63) is 11.3 Å². The lowest BCUT2D eigenvalue weighted by molar-refractivity contribution is -0.139. The van der Waals surface area contributed by atoms with Gasteiger partial charge in [0.15, 0.2) is 0 Å². The van der Waals surface area contributed by atoms with Gasteiger partial charge in [0.1, 0.15) is 5.84 Å². The molecule has 3 aliphatic rings. The second-order valence-corrected chi connectivity index (χ2v) is 5.74. The standard InChI is InChI=1S/C14H21N3O2/c1-8-9(2)15-10(3)17-5-12(4-13(8)17)16-14(18)11-6-19-7-11/h9,11-12H,4-7H2,1-3H3,(H,16,18)/t9-,12-/m0/s1. The number of hydrogen-bond donors (Lipinski definition) is 1. The SMILES string of the molecule is CC1=N[C@@H](C)C(C)=C2C[C@H](NC(=O)C3COC3)CN12. The fourth-order valence-electron chi connectivity index (χ4n) is 2.93. The smallest absolute Gasteiger partial charge is 0.228 e. The number of amidine groups is 1. The molecular formula is C14H21N3O2. The molecule has 3 rings (SSSR count). The molecule has 0 bridgehead atoms. The van der Waals surface area contributed by atoms with Crippen LogP contribution in [-0.2, 0) is 9.53 Å². The Balaban J connectivity index is 1.68. The Morgan fingerprint density at radius 1 is 1.42 bits per heavy atom. The van der Waals surface area contributed by atoms with Gasteiger partial charge in [0.05, 0.1) is 31.2 Å². The zero-order valence-corrected chi connectivity index (χ0v) is 11.8. The predicted molar refractivity (Wildman–Crippen MR) is 72.8 cm³/mol. The van der Waals surface area contributed by atoms with Gasteiger partial charge in [0.2, 0.25) is 5.91 Å². The van der Waals surface area contributed by atoms with Crippen LogP contribution in [0, 0.1) is 5.92 Å². The first-order valence-corrected chi connectivity index (χ1v) is 6.96. The minimum Gasteiger partial charge on any atom is -0.380 e. The molecule has 3 heterocycles. The lowest BCUT2D eigenvalue weighted by atomic mass is 10.0. The normalized spacial score (nSPS) is 30.9. The first-order chi connectivity index (χ1) is 9.06. The summed E-state index contributed by atoms with van der Waals surface area (Å²) in [6.07, 6.45) is 0.919. The molecule has 5 heteroatoms. The van der Waals surface area contributed by atoms with E-state index in [1.807, 2.05) is 6.92 Å². The van der Waals surface area contributed by atoms with Crippen LogP contribution in [0.4, 0.5) is 0 Å². The number of nitrogens with one attached hydrogen (secondary N) is 1. The number of rotatable bonds is 2. The molecule has 0 aromatic heterocycles. The maximum absolute atomic E-state index is 12.0. The number of carbonyl (C=O) groups excluding carboxylic acids is 1. The van der Waals surface area contributed by atoms with Crippen LogP contribution in [0.3, 0.4) is 0 Å². The molecule has 3 aliphatic heterocycles. The van der Waals surface area contributed by atoms with Gasteiger partial charge in [-0.3, -0.25) is 9.79 Å². The zero-order chi connectivity index (χ0) is 13.6. The number of nitrogens with zero attached hydrogens (tertiary/aromatic N) is 2. The highest BCUT2D eigenvalue weighted by Gasteiger charge is 2.35. The fraction of sp³-hybridized carbons (Fsp3) is 0.714. The summed E-state index contributed by atoms with van der Waals surface area (Å²) >= 11 is 0. The molecule has 1 amide bonds. The molecule has 0 radical (unpaired) electrons. The summed E-state index contributed by atoms with van der Waals surface area (Å²) in [5, 5.41) is 3.14. The van der Waals surface area contributed by atoms with Crippen molar-refractivity contribution in [3.8, 4) is 0 Å². The highest BCUT2D eigenvalue weighted by atomic mass is 16.5. The van der Waals surface area contributed by atoms with Crippen LogP contribution < -0.4 is 5.32 Å². The monoisotopic (exact) mass is 263 g/mol. The van der Waals surface area contributed by atoms with Crippen LogP contribution in [0.15, 0.2) is 16.3 Å². The van der Waals surface area contributed by atoms with Gasteiger partial charge in [-0.05, 0) is 26.3 Å². The molecule has 19 heavy (non-hydrogen) atoms. The van der Waals surface area contributed by atoms with Crippen LogP contribution >= 0.6 is 0 Å². The number of aliphatic imine (C=N–C) groups is 1. The summed E-state index contributed by atoms with van der Waals surface area (Å²) in [4.78, 5) is 18.8. The van der Waals surface area contributed by atoms with Crippen molar-refractivity contribution >= 4 is 11.7 Å². The molecule has 2 atom stereocenters. The average Bonchev–Trinajstić information content (AvgIpc) is 2.68. The van der Waals surface area contributed by atoms with Crippen molar-refractivity contribution in [2.45, 2.75) is 39.3 Å². The lowest BCUT2D eigenvalue weighted by Crippen LogP contribution is -2.47. The van der Waals surface area contributed by atoms with Gasteiger partial charge in [-0.1, -0.05) is 0 Å². The average molecular weight is 263 g/mol. The van der Waals surface area contributed by atoms with Gasteiger partial charge < -0.3 is 15.0 Å². The number of ether oxygens (including phenoxy) is 1. The fourth-order valence-corrected chi connectivity index (χ4v) is 2.93. The van der Waals surface area contributed by atoms with E-state index in [0.29, 0.717) is 13.2 Å². The van der Waals surface area contributed by atoms with Crippen molar-refractivity contribution < 1.29 is 9.53 Å². The predicted octanol–water partition coefficient (Wildman–Crippen LogP) is 0.918. The highest BCUT2D eigenvalue weighted by molar-refractivity contribution is 5.84. The molecule has 0 aromatic rings. The third-order valence-corrected chi connectivity index (χ3v) is 4.38. The van der Waals surface area contributed by atoms with E-state index in [9.17, 15) is 4.79 Å². The summed E-state index contributed by atoms with van der Waals surface area (Å²) in [6.45, 7) is 8.30. The molecule has 5 nitrogen and oxygen atoms in total. The molecule has 0 unspecified atom stereocenters. The zero-order valence-electron chi connectivity index (χ0n) is 11.8. The van der Waals surface area contributed by atoms with Crippen molar-refractivity contribution in [2.24, 2.45) is 10.9 Å². The molecule has 0 aromatic carbocycles. The quantitative estimate of drug-likeness (QED) is 0.806. The van der Waals surface area contributed by atoms with E-state index in [2.05, 4.69) is 29.1 Å². The Morgan fingerprint density at radius 2 is 2.16 bits per heavy atom. The summed E-state index contributed by atoms with van der Waals surface area (Å²) in [7, 11) is 0. The molecule has 2 saturated heterocycles. The highest BCUT2D eigenvalue weighted by Crippen LogP contribution is 2.31. The van der Waals surface area contributed by atoms with Crippen LogP contribution in [0.2, 0.25) is 0 Å². The first kappa shape index (κ1) is 12.7. The number of carbonyl (C=O) groups is 1. The van der Waals surface area contributed by atoms with E-state index in [4.69, 9.17) is 4.74 Å². The van der Waals surface area contributed by atoms with Crippen LogP contribution in [0.25, 0.3) is 0 Å². The topological polar surface area (TPSA) is 53.9 Å². The van der Waals surface area contributed by atoms with Gasteiger partial charge >= 0.3 is 0 Å². The number of hydrogen-bond acceptors (Lipinski definition) is 4.